The number of pyridine rings is 2. The minimum Gasteiger partial charge on any atom is -0.307 e. The Bertz CT molecular complexity index is 1240. The zero-order valence-electron chi connectivity index (χ0n) is 15.8. The summed E-state index contributed by atoms with van der Waals surface area (Å²) in [4.78, 5) is 22.3. The van der Waals surface area contributed by atoms with Crippen molar-refractivity contribution in [2.24, 2.45) is 0 Å². The minimum atomic E-state index is -0.246. The highest BCUT2D eigenvalue weighted by atomic mass is 35.5. The van der Waals surface area contributed by atoms with Gasteiger partial charge in [0.15, 0.2) is 0 Å². The molecule has 1 N–H and O–H groups in total. The number of aryl methyl sites for hydroxylation is 1. The summed E-state index contributed by atoms with van der Waals surface area (Å²) in [5, 5.41) is 4.68. The van der Waals surface area contributed by atoms with E-state index in [1.54, 1.807) is 24.4 Å². The van der Waals surface area contributed by atoms with E-state index in [9.17, 15) is 4.79 Å². The first-order valence-corrected chi connectivity index (χ1v) is 9.78. The van der Waals surface area contributed by atoms with Crippen molar-refractivity contribution < 1.29 is 4.79 Å². The fourth-order valence-corrected chi connectivity index (χ4v) is 3.76. The van der Waals surface area contributed by atoms with Crippen LogP contribution in [0, 0.1) is 13.8 Å². The molecule has 4 aromatic rings. The summed E-state index contributed by atoms with van der Waals surface area (Å²) in [6.07, 6.45) is 1.71. The minimum absolute atomic E-state index is 0.246. The zero-order valence-corrected chi connectivity index (χ0v) is 17.3. The smallest absolute Gasteiger partial charge is 0.257 e. The van der Waals surface area contributed by atoms with E-state index in [2.05, 4.69) is 10.3 Å². The molecule has 0 radical (unpaired) electrons. The molecule has 0 saturated heterocycles. The molecule has 4 nitrogen and oxygen atoms in total. The number of benzene rings is 2. The third-order valence-electron chi connectivity index (χ3n) is 4.70. The first kappa shape index (κ1) is 19.4. The lowest BCUT2D eigenvalue weighted by Gasteiger charge is -2.15. The number of hydrogen-bond acceptors (Lipinski definition) is 3. The fourth-order valence-electron chi connectivity index (χ4n) is 3.26. The molecule has 0 spiro atoms. The second kappa shape index (κ2) is 7.82. The lowest BCUT2D eigenvalue weighted by Crippen LogP contribution is -2.16. The van der Waals surface area contributed by atoms with Crippen LogP contribution >= 0.6 is 23.2 Å². The molecular weight excluding hydrogens is 405 g/mol. The van der Waals surface area contributed by atoms with Gasteiger partial charge in [-0.1, -0.05) is 47.5 Å². The van der Waals surface area contributed by atoms with Gasteiger partial charge in [-0.2, -0.15) is 0 Å². The molecule has 0 fully saturated rings. The third-order valence-corrected chi connectivity index (χ3v) is 5.25. The maximum atomic E-state index is 13.2. The van der Waals surface area contributed by atoms with Crippen molar-refractivity contribution in [2.45, 2.75) is 13.8 Å². The fraction of sp³-hybridized carbons (Fsp3) is 0.0870. The molecule has 4 rings (SSSR count). The lowest BCUT2D eigenvalue weighted by atomic mass is 9.97. The first-order valence-electron chi connectivity index (χ1n) is 9.03. The SMILES string of the molecule is Cc1ccc(NC(=O)c2c(C)c(-c3ccc(Cl)cc3Cl)nc3ccccc23)nc1. The van der Waals surface area contributed by atoms with Crippen LogP contribution in [0.2, 0.25) is 10.0 Å². The van der Waals surface area contributed by atoms with E-state index in [1.165, 1.54) is 0 Å². The Hall–Kier alpha value is -2.95. The van der Waals surface area contributed by atoms with E-state index < -0.39 is 0 Å². The Morgan fingerprint density at radius 1 is 1.00 bits per heavy atom. The Morgan fingerprint density at radius 3 is 2.52 bits per heavy atom. The maximum absolute atomic E-state index is 13.2. The van der Waals surface area contributed by atoms with Crippen LogP contribution in [0.4, 0.5) is 5.82 Å². The van der Waals surface area contributed by atoms with Gasteiger partial charge >= 0.3 is 0 Å². The van der Waals surface area contributed by atoms with Gasteiger partial charge in [0.1, 0.15) is 5.82 Å². The molecule has 2 aromatic carbocycles. The number of halogens is 2. The number of hydrogen-bond donors (Lipinski definition) is 1. The zero-order chi connectivity index (χ0) is 20.5. The van der Waals surface area contributed by atoms with Crippen molar-refractivity contribution in [1.82, 2.24) is 9.97 Å². The number of para-hydroxylation sites is 1. The van der Waals surface area contributed by atoms with Crippen LogP contribution in [-0.4, -0.2) is 15.9 Å². The molecule has 0 atom stereocenters. The third kappa shape index (κ3) is 3.82. The summed E-state index contributed by atoms with van der Waals surface area (Å²) in [6, 6.07) is 16.5. The van der Waals surface area contributed by atoms with Gasteiger partial charge in [-0.05, 0) is 55.3 Å². The predicted octanol–water partition coefficient (Wildman–Crippen LogP) is 6.47. The van der Waals surface area contributed by atoms with Crippen LogP contribution in [-0.2, 0) is 0 Å². The predicted molar refractivity (Wildman–Crippen MR) is 119 cm³/mol. The molecule has 0 bridgehead atoms. The van der Waals surface area contributed by atoms with Gasteiger partial charge in [-0.25, -0.2) is 9.97 Å². The molecule has 6 heteroatoms. The quantitative estimate of drug-likeness (QED) is 0.412. The van der Waals surface area contributed by atoms with Crippen LogP contribution in [0.3, 0.4) is 0 Å². The highest BCUT2D eigenvalue weighted by Crippen LogP contribution is 2.35. The highest BCUT2D eigenvalue weighted by Gasteiger charge is 2.20. The van der Waals surface area contributed by atoms with E-state index in [4.69, 9.17) is 28.2 Å². The summed E-state index contributed by atoms with van der Waals surface area (Å²) >= 11 is 12.5. The van der Waals surface area contributed by atoms with Crippen LogP contribution in [0.15, 0.2) is 60.8 Å². The van der Waals surface area contributed by atoms with Gasteiger partial charge in [-0.15, -0.1) is 0 Å². The van der Waals surface area contributed by atoms with Gasteiger partial charge in [0.05, 0.1) is 21.8 Å². The summed E-state index contributed by atoms with van der Waals surface area (Å²) in [7, 11) is 0. The van der Waals surface area contributed by atoms with E-state index in [1.807, 2.05) is 50.2 Å². The molecule has 0 aliphatic rings. The Morgan fingerprint density at radius 2 is 1.79 bits per heavy atom. The maximum Gasteiger partial charge on any atom is 0.257 e. The normalized spacial score (nSPS) is 10.9. The van der Waals surface area contributed by atoms with Crippen molar-refractivity contribution in [3.05, 3.63) is 87.5 Å². The lowest BCUT2D eigenvalue weighted by molar-refractivity contribution is 0.102. The van der Waals surface area contributed by atoms with Gasteiger partial charge in [0.2, 0.25) is 0 Å². The molecular formula is C23H17Cl2N3O. The Balaban J connectivity index is 1.89. The monoisotopic (exact) mass is 421 g/mol. The van der Waals surface area contributed by atoms with Crippen LogP contribution in [0.25, 0.3) is 22.2 Å². The van der Waals surface area contributed by atoms with E-state index in [-0.39, 0.29) is 5.91 Å². The van der Waals surface area contributed by atoms with E-state index >= 15 is 0 Å². The number of rotatable bonds is 3. The largest absolute Gasteiger partial charge is 0.307 e. The molecule has 29 heavy (non-hydrogen) atoms. The van der Waals surface area contributed by atoms with Crippen LogP contribution < -0.4 is 5.32 Å². The number of carbonyl (C=O) groups is 1. The summed E-state index contributed by atoms with van der Waals surface area (Å²) in [6.45, 7) is 3.82. The summed E-state index contributed by atoms with van der Waals surface area (Å²) in [5.74, 6) is 0.246. The molecule has 2 heterocycles. The second-order valence-electron chi connectivity index (χ2n) is 6.78. The van der Waals surface area contributed by atoms with Crippen LogP contribution in [0.5, 0.6) is 0 Å². The summed E-state index contributed by atoms with van der Waals surface area (Å²) < 4.78 is 0. The van der Waals surface area contributed by atoms with Crippen molar-refractivity contribution in [3.63, 3.8) is 0 Å². The second-order valence-corrected chi connectivity index (χ2v) is 7.62. The molecule has 0 unspecified atom stereocenters. The number of aromatic nitrogens is 2. The number of amides is 1. The average molecular weight is 422 g/mol. The number of nitrogens with zero attached hydrogens (tertiary/aromatic N) is 2. The number of carbonyl (C=O) groups excluding carboxylic acids is 1. The van der Waals surface area contributed by atoms with Crippen molar-refractivity contribution >= 4 is 45.8 Å². The van der Waals surface area contributed by atoms with Gasteiger partial charge < -0.3 is 5.32 Å². The standard InChI is InChI=1S/C23H17Cl2N3O/c1-13-7-10-20(26-12-13)28-23(29)21-14(2)22(16-9-8-15(24)11-18(16)25)27-19-6-4-3-5-17(19)21/h3-12H,1-2H3,(H,26,28,29). The van der Waals surface area contributed by atoms with Crippen molar-refractivity contribution in [1.29, 1.82) is 0 Å². The molecule has 0 aliphatic carbocycles. The summed E-state index contributed by atoms with van der Waals surface area (Å²) in [5.41, 5.74) is 4.38. The number of fused-ring (bicyclic) bond motifs is 1. The highest BCUT2D eigenvalue weighted by molar-refractivity contribution is 6.36. The molecule has 0 aliphatic heterocycles. The molecule has 2 aromatic heterocycles. The van der Waals surface area contributed by atoms with E-state index in [0.29, 0.717) is 32.6 Å². The van der Waals surface area contributed by atoms with Gasteiger partial charge in [0.25, 0.3) is 5.91 Å². The topological polar surface area (TPSA) is 54.9 Å². The average Bonchev–Trinajstić information content (AvgIpc) is 2.69. The van der Waals surface area contributed by atoms with Crippen LogP contribution in [0.1, 0.15) is 21.5 Å². The molecule has 0 saturated carbocycles. The number of anilines is 1. The Labute approximate surface area is 178 Å². The van der Waals surface area contributed by atoms with Crippen molar-refractivity contribution in [3.8, 4) is 11.3 Å². The van der Waals surface area contributed by atoms with E-state index in [0.717, 1.165) is 22.1 Å². The van der Waals surface area contributed by atoms with Gasteiger partial charge in [0, 0.05) is 22.2 Å². The van der Waals surface area contributed by atoms with Gasteiger partial charge in [-0.3, -0.25) is 4.79 Å². The van der Waals surface area contributed by atoms with Crippen molar-refractivity contribution in [2.75, 3.05) is 5.32 Å². The first-order chi connectivity index (χ1) is 13.9. The molecule has 1 amide bonds. The molecule has 144 valence electrons. The Kier molecular flexibility index (Phi) is 5.22. The number of nitrogens with one attached hydrogen (secondary N) is 1.